The lowest BCUT2D eigenvalue weighted by Gasteiger charge is -2.34. The largest absolute Gasteiger partial charge is 0.480 e. The lowest BCUT2D eigenvalue weighted by molar-refractivity contribution is -0.147. The number of carbonyl (C=O) groups is 4. The Balaban J connectivity index is 2.58. The van der Waals surface area contributed by atoms with E-state index in [0.717, 1.165) is 0 Å². The number of likely N-dealkylation sites (N-methyl/N-ethyl adjacent to an activating group) is 1. The normalized spacial score (nSPS) is 18.2. The van der Waals surface area contributed by atoms with Crippen LogP contribution in [-0.4, -0.2) is 77.5 Å². The summed E-state index contributed by atoms with van der Waals surface area (Å²) in [6.07, 6.45) is 1.06. The van der Waals surface area contributed by atoms with Gasteiger partial charge in [-0.2, -0.15) is 0 Å². The smallest absolute Gasteiger partial charge is 0.326 e. The molecule has 1 heterocycles. The van der Waals surface area contributed by atoms with Gasteiger partial charge in [0.15, 0.2) is 0 Å². The fourth-order valence-electron chi connectivity index (χ4n) is 2.73. The maximum atomic E-state index is 12.2. The molecular formula is C17H30N4O5. The molecule has 9 heteroatoms. The van der Waals surface area contributed by atoms with Crippen molar-refractivity contribution in [1.82, 2.24) is 20.4 Å². The molecule has 1 rings (SSSR count). The Bertz CT molecular complexity index is 558. The van der Waals surface area contributed by atoms with Crippen molar-refractivity contribution in [2.45, 2.75) is 52.6 Å². The van der Waals surface area contributed by atoms with Crippen molar-refractivity contribution >= 4 is 23.8 Å². The van der Waals surface area contributed by atoms with Crippen molar-refractivity contribution in [2.75, 3.05) is 26.7 Å². The standard InChI is InChI=1S/C17H30N4O5/c1-11(22)20(5)10-13(17(2,3)4)19-16(26)18-9-14(23)21-8-6-7-12(21)15(24)25/h12-13H,6-10H2,1-5H3,(H,24,25)(H2,18,19,26). The molecule has 4 amide bonds. The minimum absolute atomic E-state index is 0.106. The highest BCUT2D eigenvalue weighted by atomic mass is 16.4. The molecule has 0 aromatic heterocycles. The van der Waals surface area contributed by atoms with Gasteiger partial charge >= 0.3 is 12.0 Å². The van der Waals surface area contributed by atoms with E-state index in [2.05, 4.69) is 10.6 Å². The highest BCUT2D eigenvalue weighted by molar-refractivity contribution is 5.88. The average molecular weight is 370 g/mol. The number of carbonyl (C=O) groups excluding carboxylic acids is 3. The van der Waals surface area contributed by atoms with Gasteiger partial charge in [-0.1, -0.05) is 20.8 Å². The SMILES string of the molecule is CC(=O)N(C)CC(NC(=O)NCC(=O)N1CCCC1C(=O)O)C(C)(C)C. The van der Waals surface area contributed by atoms with Crippen LogP contribution in [0.5, 0.6) is 0 Å². The van der Waals surface area contributed by atoms with Crippen molar-refractivity contribution < 1.29 is 24.3 Å². The van der Waals surface area contributed by atoms with Crippen LogP contribution < -0.4 is 10.6 Å². The van der Waals surface area contributed by atoms with Crippen LogP contribution >= 0.6 is 0 Å². The summed E-state index contributed by atoms with van der Waals surface area (Å²) in [5.41, 5.74) is -0.297. The Kier molecular flexibility index (Phi) is 7.41. The molecule has 0 aromatic carbocycles. The summed E-state index contributed by atoms with van der Waals surface area (Å²) >= 11 is 0. The lowest BCUT2D eigenvalue weighted by Crippen LogP contribution is -2.54. The van der Waals surface area contributed by atoms with Crippen molar-refractivity contribution in [3.63, 3.8) is 0 Å². The number of rotatable bonds is 6. The molecule has 148 valence electrons. The van der Waals surface area contributed by atoms with Crippen molar-refractivity contribution in [3.8, 4) is 0 Å². The number of carboxylic acids is 1. The summed E-state index contributed by atoms with van der Waals surface area (Å²) in [6, 6.07) is -1.66. The monoisotopic (exact) mass is 370 g/mol. The zero-order valence-corrected chi connectivity index (χ0v) is 16.2. The van der Waals surface area contributed by atoms with E-state index in [1.807, 2.05) is 20.8 Å². The van der Waals surface area contributed by atoms with E-state index in [9.17, 15) is 19.2 Å². The number of aliphatic carboxylic acids is 1. The third-order valence-corrected chi connectivity index (χ3v) is 4.60. The first-order chi connectivity index (χ1) is 11.9. The van der Waals surface area contributed by atoms with Gasteiger partial charge in [0.1, 0.15) is 6.04 Å². The van der Waals surface area contributed by atoms with Gasteiger partial charge < -0.3 is 25.5 Å². The van der Waals surface area contributed by atoms with Crippen LogP contribution in [0.3, 0.4) is 0 Å². The zero-order valence-electron chi connectivity index (χ0n) is 16.2. The van der Waals surface area contributed by atoms with Crippen LogP contribution in [0.15, 0.2) is 0 Å². The van der Waals surface area contributed by atoms with Crippen LogP contribution in [0, 0.1) is 5.41 Å². The Morgan fingerprint density at radius 3 is 2.38 bits per heavy atom. The Labute approximate surface area is 154 Å². The maximum Gasteiger partial charge on any atom is 0.326 e. The molecule has 2 unspecified atom stereocenters. The molecule has 0 radical (unpaired) electrons. The molecule has 0 bridgehead atoms. The van der Waals surface area contributed by atoms with E-state index in [-0.39, 0.29) is 23.9 Å². The number of urea groups is 1. The number of likely N-dealkylation sites (tertiary alicyclic amines) is 1. The molecule has 1 aliphatic heterocycles. The summed E-state index contributed by atoms with van der Waals surface area (Å²) in [5.74, 6) is -1.55. The molecule has 1 fully saturated rings. The predicted molar refractivity (Wildman–Crippen MR) is 95.5 cm³/mol. The molecule has 1 saturated heterocycles. The number of nitrogens with zero attached hydrogens (tertiary/aromatic N) is 2. The summed E-state index contributed by atoms with van der Waals surface area (Å²) in [7, 11) is 1.66. The minimum atomic E-state index is -1.03. The molecule has 2 atom stereocenters. The van der Waals surface area contributed by atoms with Gasteiger partial charge in [0.25, 0.3) is 0 Å². The second-order valence-corrected chi connectivity index (χ2v) is 7.73. The fraction of sp³-hybridized carbons (Fsp3) is 0.765. The van der Waals surface area contributed by atoms with Gasteiger partial charge in [0.2, 0.25) is 11.8 Å². The van der Waals surface area contributed by atoms with E-state index in [1.54, 1.807) is 7.05 Å². The summed E-state index contributed by atoms with van der Waals surface area (Å²) in [4.78, 5) is 49.7. The molecule has 0 aromatic rings. The summed E-state index contributed by atoms with van der Waals surface area (Å²) in [5, 5.41) is 14.4. The maximum absolute atomic E-state index is 12.2. The number of amides is 4. The van der Waals surface area contributed by atoms with Crippen LogP contribution in [0.4, 0.5) is 4.79 Å². The zero-order chi connectivity index (χ0) is 20.1. The third-order valence-electron chi connectivity index (χ3n) is 4.60. The summed E-state index contributed by atoms with van der Waals surface area (Å²) in [6.45, 7) is 7.74. The molecule has 0 spiro atoms. The fourth-order valence-corrected chi connectivity index (χ4v) is 2.73. The average Bonchev–Trinajstić information content (AvgIpc) is 3.00. The number of hydrogen-bond donors (Lipinski definition) is 3. The molecule has 26 heavy (non-hydrogen) atoms. The Hall–Kier alpha value is -2.32. The van der Waals surface area contributed by atoms with E-state index >= 15 is 0 Å². The highest BCUT2D eigenvalue weighted by Gasteiger charge is 2.34. The number of hydrogen-bond acceptors (Lipinski definition) is 4. The van der Waals surface area contributed by atoms with E-state index in [1.165, 1.54) is 16.7 Å². The molecule has 9 nitrogen and oxygen atoms in total. The summed E-state index contributed by atoms with van der Waals surface area (Å²) < 4.78 is 0. The van der Waals surface area contributed by atoms with Crippen LogP contribution in [-0.2, 0) is 14.4 Å². The Morgan fingerprint density at radius 2 is 1.88 bits per heavy atom. The van der Waals surface area contributed by atoms with E-state index in [4.69, 9.17) is 5.11 Å². The van der Waals surface area contributed by atoms with Gasteiger partial charge in [-0.25, -0.2) is 9.59 Å². The minimum Gasteiger partial charge on any atom is -0.480 e. The highest BCUT2D eigenvalue weighted by Crippen LogP contribution is 2.20. The van der Waals surface area contributed by atoms with E-state index < -0.39 is 23.9 Å². The van der Waals surface area contributed by atoms with Crippen molar-refractivity contribution in [2.24, 2.45) is 5.41 Å². The second-order valence-electron chi connectivity index (χ2n) is 7.73. The van der Waals surface area contributed by atoms with Crippen molar-refractivity contribution in [1.29, 1.82) is 0 Å². The Morgan fingerprint density at radius 1 is 1.27 bits per heavy atom. The van der Waals surface area contributed by atoms with Crippen LogP contribution in [0.25, 0.3) is 0 Å². The topological polar surface area (TPSA) is 119 Å². The van der Waals surface area contributed by atoms with Gasteiger partial charge in [0.05, 0.1) is 12.6 Å². The lowest BCUT2D eigenvalue weighted by atomic mass is 9.86. The van der Waals surface area contributed by atoms with Gasteiger partial charge in [0, 0.05) is 27.1 Å². The van der Waals surface area contributed by atoms with Gasteiger partial charge in [-0.15, -0.1) is 0 Å². The quantitative estimate of drug-likeness (QED) is 0.619. The van der Waals surface area contributed by atoms with Crippen molar-refractivity contribution in [3.05, 3.63) is 0 Å². The first-order valence-corrected chi connectivity index (χ1v) is 8.71. The molecule has 0 aliphatic carbocycles. The first kappa shape index (κ1) is 21.7. The molecule has 0 saturated carbocycles. The predicted octanol–water partition coefficient (Wildman–Crippen LogP) is 0.254. The van der Waals surface area contributed by atoms with Crippen LogP contribution in [0.1, 0.15) is 40.5 Å². The molecule has 1 aliphatic rings. The third kappa shape index (κ3) is 6.20. The molecule has 3 N–H and O–H groups in total. The number of nitrogens with one attached hydrogen (secondary N) is 2. The first-order valence-electron chi connectivity index (χ1n) is 8.71. The van der Waals surface area contributed by atoms with Gasteiger partial charge in [-0.05, 0) is 18.3 Å². The number of carboxylic acid groups (broad SMARTS) is 1. The second kappa shape index (κ2) is 8.86. The van der Waals surface area contributed by atoms with Gasteiger partial charge in [-0.3, -0.25) is 9.59 Å². The van der Waals surface area contributed by atoms with Crippen LogP contribution in [0.2, 0.25) is 0 Å². The van der Waals surface area contributed by atoms with E-state index in [0.29, 0.717) is 25.9 Å². The molecular weight excluding hydrogens is 340 g/mol.